The van der Waals surface area contributed by atoms with Crippen LogP contribution in [0.3, 0.4) is 0 Å². The van der Waals surface area contributed by atoms with Crippen LogP contribution in [0.15, 0.2) is 63.6 Å². The Labute approximate surface area is 180 Å². The average Bonchev–Trinajstić information content (AvgIpc) is 2.68. The molecule has 28 heavy (non-hydrogen) atoms. The second-order valence-corrected chi connectivity index (χ2v) is 8.33. The van der Waals surface area contributed by atoms with Crippen LogP contribution in [0.4, 0.5) is 5.69 Å². The SMILES string of the molecule is N#CC1=C(SCC(=O)Nc2ccc(Br)cc2)NC(=O)C[C@H]1c1ccccc1Cl. The molecule has 1 heterocycles. The maximum absolute atomic E-state index is 12.2. The first-order chi connectivity index (χ1) is 13.5. The lowest BCUT2D eigenvalue weighted by Crippen LogP contribution is -2.31. The number of carbonyl (C=O) groups is 2. The predicted octanol–water partition coefficient (Wildman–Crippen LogP) is 4.81. The summed E-state index contributed by atoms with van der Waals surface area (Å²) in [7, 11) is 0. The fourth-order valence-corrected chi connectivity index (χ4v) is 4.23. The number of anilines is 1. The number of allylic oxidation sites excluding steroid dienone is 1. The van der Waals surface area contributed by atoms with Crippen molar-refractivity contribution in [1.82, 2.24) is 5.32 Å². The molecule has 1 atom stereocenters. The van der Waals surface area contributed by atoms with Crippen molar-refractivity contribution in [2.24, 2.45) is 0 Å². The van der Waals surface area contributed by atoms with Crippen LogP contribution < -0.4 is 10.6 Å². The number of nitrogens with one attached hydrogen (secondary N) is 2. The molecule has 0 unspecified atom stereocenters. The zero-order chi connectivity index (χ0) is 20.1. The van der Waals surface area contributed by atoms with Crippen LogP contribution in [0, 0.1) is 11.3 Å². The van der Waals surface area contributed by atoms with E-state index >= 15 is 0 Å². The number of halogens is 2. The van der Waals surface area contributed by atoms with Gasteiger partial charge in [0, 0.05) is 27.5 Å². The van der Waals surface area contributed by atoms with E-state index in [4.69, 9.17) is 11.6 Å². The predicted molar refractivity (Wildman–Crippen MR) is 115 cm³/mol. The van der Waals surface area contributed by atoms with E-state index in [1.165, 1.54) is 0 Å². The number of amides is 2. The van der Waals surface area contributed by atoms with Crippen LogP contribution >= 0.6 is 39.3 Å². The van der Waals surface area contributed by atoms with Gasteiger partial charge in [-0.3, -0.25) is 9.59 Å². The van der Waals surface area contributed by atoms with Gasteiger partial charge in [0.25, 0.3) is 0 Å². The molecule has 0 saturated carbocycles. The van der Waals surface area contributed by atoms with Crippen molar-refractivity contribution >= 4 is 56.8 Å². The Balaban J connectivity index is 1.76. The van der Waals surface area contributed by atoms with E-state index in [0.717, 1.165) is 21.8 Å². The zero-order valence-electron chi connectivity index (χ0n) is 14.5. The van der Waals surface area contributed by atoms with Crippen molar-refractivity contribution < 1.29 is 9.59 Å². The van der Waals surface area contributed by atoms with Crippen LogP contribution in [0.25, 0.3) is 0 Å². The summed E-state index contributed by atoms with van der Waals surface area (Å²) in [6, 6.07) is 16.6. The highest BCUT2D eigenvalue weighted by atomic mass is 79.9. The summed E-state index contributed by atoms with van der Waals surface area (Å²) >= 11 is 10.7. The third-order valence-electron chi connectivity index (χ3n) is 4.11. The molecule has 1 aliphatic heterocycles. The van der Waals surface area contributed by atoms with Crippen LogP contribution in [-0.2, 0) is 9.59 Å². The highest BCUT2D eigenvalue weighted by molar-refractivity contribution is 9.10. The number of hydrogen-bond donors (Lipinski definition) is 2. The van der Waals surface area contributed by atoms with Gasteiger partial charge in [-0.25, -0.2) is 0 Å². The van der Waals surface area contributed by atoms with E-state index in [0.29, 0.717) is 21.3 Å². The summed E-state index contributed by atoms with van der Waals surface area (Å²) in [6.45, 7) is 0. The van der Waals surface area contributed by atoms with Gasteiger partial charge in [-0.05, 0) is 35.9 Å². The van der Waals surface area contributed by atoms with Crippen molar-refractivity contribution in [2.75, 3.05) is 11.1 Å². The van der Waals surface area contributed by atoms with Gasteiger partial charge in [0.1, 0.15) is 0 Å². The molecule has 2 aromatic rings. The summed E-state index contributed by atoms with van der Waals surface area (Å²) in [5.41, 5.74) is 1.81. The molecule has 0 spiro atoms. The molecule has 142 valence electrons. The first kappa shape index (κ1) is 20.5. The van der Waals surface area contributed by atoms with Crippen molar-refractivity contribution in [3.63, 3.8) is 0 Å². The molecular weight excluding hydrogens is 462 g/mol. The molecule has 0 radical (unpaired) electrons. The molecule has 0 aliphatic carbocycles. The number of carbonyl (C=O) groups excluding carboxylic acids is 2. The van der Waals surface area contributed by atoms with Crippen molar-refractivity contribution in [3.8, 4) is 6.07 Å². The molecule has 3 rings (SSSR count). The zero-order valence-corrected chi connectivity index (χ0v) is 17.7. The lowest BCUT2D eigenvalue weighted by Gasteiger charge is -2.25. The topological polar surface area (TPSA) is 82.0 Å². The summed E-state index contributed by atoms with van der Waals surface area (Å²) in [5.74, 6) is -0.804. The lowest BCUT2D eigenvalue weighted by molar-refractivity contribution is -0.121. The Morgan fingerprint density at radius 2 is 2.00 bits per heavy atom. The minimum atomic E-state index is -0.426. The Kier molecular flexibility index (Phi) is 6.79. The molecule has 5 nitrogen and oxygen atoms in total. The van der Waals surface area contributed by atoms with Gasteiger partial charge >= 0.3 is 0 Å². The quantitative estimate of drug-likeness (QED) is 0.648. The molecule has 2 amide bonds. The number of nitriles is 1. The van der Waals surface area contributed by atoms with E-state index < -0.39 is 5.92 Å². The molecule has 2 aromatic carbocycles. The number of rotatable bonds is 5. The molecule has 2 N–H and O–H groups in total. The first-order valence-electron chi connectivity index (χ1n) is 8.34. The summed E-state index contributed by atoms with van der Waals surface area (Å²) in [4.78, 5) is 24.4. The van der Waals surface area contributed by atoms with E-state index in [2.05, 4.69) is 32.6 Å². The number of nitrogens with zero attached hydrogens (tertiary/aromatic N) is 1. The molecule has 0 fully saturated rings. The van der Waals surface area contributed by atoms with Gasteiger partial charge < -0.3 is 10.6 Å². The Hall–Kier alpha value is -2.27. The molecule has 0 bridgehead atoms. The average molecular weight is 477 g/mol. The summed E-state index contributed by atoms with van der Waals surface area (Å²) in [6.07, 6.45) is 0.141. The maximum atomic E-state index is 12.2. The highest BCUT2D eigenvalue weighted by Crippen LogP contribution is 2.38. The highest BCUT2D eigenvalue weighted by Gasteiger charge is 2.31. The van der Waals surface area contributed by atoms with Crippen LogP contribution in [0.1, 0.15) is 17.9 Å². The Morgan fingerprint density at radius 1 is 1.29 bits per heavy atom. The van der Waals surface area contributed by atoms with Crippen LogP contribution in [0.2, 0.25) is 5.02 Å². The molecule has 0 aromatic heterocycles. The molecule has 0 saturated heterocycles. The van der Waals surface area contributed by atoms with E-state index in [9.17, 15) is 14.9 Å². The fourth-order valence-electron chi connectivity index (χ4n) is 2.82. The first-order valence-corrected chi connectivity index (χ1v) is 10.5. The van der Waals surface area contributed by atoms with Gasteiger partial charge in [-0.2, -0.15) is 5.26 Å². The lowest BCUT2D eigenvalue weighted by atomic mass is 9.87. The fraction of sp³-hybridized carbons (Fsp3) is 0.150. The van der Waals surface area contributed by atoms with Crippen molar-refractivity contribution in [1.29, 1.82) is 5.26 Å². The molecule has 1 aliphatic rings. The number of benzene rings is 2. The van der Waals surface area contributed by atoms with Crippen LogP contribution in [-0.4, -0.2) is 17.6 Å². The van der Waals surface area contributed by atoms with Gasteiger partial charge in [0.05, 0.1) is 22.4 Å². The second kappa shape index (κ2) is 9.28. The van der Waals surface area contributed by atoms with Crippen molar-refractivity contribution in [2.45, 2.75) is 12.3 Å². The molecular formula is C20H15BrClN3O2S. The monoisotopic (exact) mass is 475 g/mol. The minimum Gasteiger partial charge on any atom is -0.325 e. The largest absolute Gasteiger partial charge is 0.325 e. The number of thioether (sulfide) groups is 1. The Morgan fingerprint density at radius 3 is 2.68 bits per heavy atom. The van der Waals surface area contributed by atoms with Gasteiger partial charge in [0.2, 0.25) is 11.8 Å². The second-order valence-electron chi connectivity index (χ2n) is 6.02. The molecule has 8 heteroatoms. The van der Waals surface area contributed by atoms with E-state index in [-0.39, 0.29) is 24.0 Å². The van der Waals surface area contributed by atoms with Crippen LogP contribution in [0.5, 0.6) is 0 Å². The third kappa shape index (κ3) is 4.96. The minimum absolute atomic E-state index is 0.0616. The van der Waals surface area contributed by atoms with Gasteiger partial charge in [0.15, 0.2) is 0 Å². The van der Waals surface area contributed by atoms with E-state index in [1.807, 2.05) is 24.3 Å². The van der Waals surface area contributed by atoms with Crippen molar-refractivity contribution in [3.05, 3.63) is 74.2 Å². The summed E-state index contributed by atoms with van der Waals surface area (Å²) < 4.78 is 0.916. The van der Waals surface area contributed by atoms with Gasteiger partial charge in [-0.1, -0.05) is 57.5 Å². The normalized spacial score (nSPS) is 16.3. The standard InChI is InChI=1S/C20H15BrClN3O2S/c21-12-5-7-13(8-6-12)24-19(27)11-28-20-16(10-23)15(9-18(26)25-20)14-3-1-2-4-17(14)22/h1-8,15H,9,11H2,(H,24,27)(H,25,26)/t15-/m0/s1. The Bertz CT molecular complexity index is 986. The summed E-state index contributed by atoms with van der Waals surface area (Å²) in [5, 5.41) is 16.1. The van der Waals surface area contributed by atoms with E-state index in [1.54, 1.807) is 24.3 Å². The maximum Gasteiger partial charge on any atom is 0.234 e. The number of hydrogen-bond acceptors (Lipinski definition) is 4. The van der Waals surface area contributed by atoms with Gasteiger partial charge in [-0.15, -0.1) is 0 Å². The smallest absolute Gasteiger partial charge is 0.234 e. The third-order valence-corrected chi connectivity index (χ3v) is 6.00.